The van der Waals surface area contributed by atoms with Crippen molar-refractivity contribution >= 4 is 5.91 Å². The van der Waals surface area contributed by atoms with Gasteiger partial charge in [0, 0.05) is 11.6 Å². The van der Waals surface area contributed by atoms with Gasteiger partial charge >= 0.3 is 0 Å². The van der Waals surface area contributed by atoms with Crippen molar-refractivity contribution in [2.24, 2.45) is 0 Å². The molecule has 1 saturated carbocycles. The Bertz CT molecular complexity index is 483. The number of halogens is 1. The van der Waals surface area contributed by atoms with E-state index in [-0.39, 0.29) is 23.9 Å². The third kappa shape index (κ3) is 2.57. The molecule has 1 saturated heterocycles. The monoisotopic (exact) mass is 276 g/mol. The van der Waals surface area contributed by atoms with Crippen LogP contribution >= 0.6 is 0 Å². The lowest BCUT2D eigenvalue weighted by atomic mass is 10.0. The molecule has 0 radical (unpaired) electrons. The molecule has 1 aromatic rings. The fourth-order valence-electron chi connectivity index (χ4n) is 3.42. The summed E-state index contributed by atoms with van der Waals surface area (Å²) in [6, 6.07) is 7.00. The molecule has 1 atom stereocenters. The molecule has 0 spiro atoms. The van der Waals surface area contributed by atoms with Gasteiger partial charge in [-0.2, -0.15) is 0 Å². The Morgan fingerprint density at radius 3 is 2.50 bits per heavy atom. The summed E-state index contributed by atoms with van der Waals surface area (Å²) in [6.07, 6.45) is 6.60. The van der Waals surface area contributed by atoms with Crippen molar-refractivity contribution < 1.29 is 9.18 Å². The van der Waals surface area contributed by atoms with Gasteiger partial charge < -0.3 is 4.90 Å². The van der Waals surface area contributed by atoms with E-state index in [9.17, 15) is 9.18 Å². The van der Waals surface area contributed by atoms with E-state index in [4.69, 9.17) is 0 Å². The van der Waals surface area contributed by atoms with Crippen molar-refractivity contribution in [1.82, 2.24) is 10.2 Å². The fraction of sp³-hybridized carbons (Fsp3) is 0.562. The summed E-state index contributed by atoms with van der Waals surface area (Å²) >= 11 is 0. The second-order valence-electron chi connectivity index (χ2n) is 5.75. The Morgan fingerprint density at radius 2 is 1.80 bits per heavy atom. The van der Waals surface area contributed by atoms with Crippen LogP contribution in [0.4, 0.5) is 4.39 Å². The summed E-state index contributed by atoms with van der Waals surface area (Å²) in [5.41, 5.74) is 0.586. The Hall–Kier alpha value is -1.42. The molecular weight excluding hydrogens is 255 g/mol. The Kier molecular flexibility index (Phi) is 4.01. The molecule has 0 bridgehead atoms. The maximum atomic E-state index is 14.0. The molecule has 1 aliphatic carbocycles. The topological polar surface area (TPSA) is 32.3 Å². The van der Waals surface area contributed by atoms with Gasteiger partial charge in [-0.15, -0.1) is 0 Å². The summed E-state index contributed by atoms with van der Waals surface area (Å²) in [5.74, 6) is -0.136. The molecule has 108 valence electrons. The predicted octanol–water partition coefficient (Wildman–Crippen LogP) is 2.98. The number of carbonyl (C=O) groups is 1. The first-order chi connectivity index (χ1) is 9.77. The minimum atomic E-state index is -0.299. The van der Waals surface area contributed by atoms with Crippen molar-refractivity contribution in [1.29, 1.82) is 0 Å². The van der Waals surface area contributed by atoms with Crippen molar-refractivity contribution in [3.8, 4) is 0 Å². The molecule has 3 nitrogen and oxygen atoms in total. The maximum Gasteiger partial charge on any atom is 0.238 e. The molecule has 1 unspecified atom stereocenters. The molecule has 1 amide bonds. The molecule has 0 aromatic heterocycles. The van der Waals surface area contributed by atoms with Gasteiger partial charge in [-0.25, -0.2) is 4.39 Å². The van der Waals surface area contributed by atoms with E-state index in [2.05, 4.69) is 5.32 Å². The first kappa shape index (κ1) is 13.6. The average Bonchev–Trinajstić information content (AvgIpc) is 2.66. The van der Waals surface area contributed by atoms with Crippen LogP contribution in [-0.4, -0.2) is 23.4 Å². The highest BCUT2D eigenvalue weighted by molar-refractivity contribution is 5.81. The molecular formula is C16H21FN2O. The molecule has 1 aromatic carbocycles. The third-order valence-corrected chi connectivity index (χ3v) is 4.43. The zero-order chi connectivity index (χ0) is 13.9. The first-order valence-corrected chi connectivity index (χ1v) is 7.56. The van der Waals surface area contributed by atoms with Gasteiger partial charge in [0.05, 0.1) is 6.54 Å². The molecule has 4 heteroatoms. The van der Waals surface area contributed by atoms with Crippen molar-refractivity contribution in [2.75, 3.05) is 6.54 Å². The number of hydrogen-bond acceptors (Lipinski definition) is 2. The third-order valence-electron chi connectivity index (χ3n) is 4.43. The Morgan fingerprint density at radius 1 is 1.10 bits per heavy atom. The molecule has 2 fully saturated rings. The van der Waals surface area contributed by atoms with Crippen LogP contribution < -0.4 is 5.32 Å². The second kappa shape index (κ2) is 5.92. The largest absolute Gasteiger partial charge is 0.319 e. The van der Waals surface area contributed by atoms with Crippen LogP contribution in [0, 0.1) is 5.82 Å². The van der Waals surface area contributed by atoms with Crippen LogP contribution in [0.2, 0.25) is 0 Å². The van der Waals surface area contributed by atoms with E-state index in [1.165, 1.54) is 31.7 Å². The van der Waals surface area contributed by atoms with E-state index in [1.807, 2.05) is 11.0 Å². The number of amides is 1. The maximum absolute atomic E-state index is 14.0. The van der Waals surface area contributed by atoms with E-state index in [0.717, 1.165) is 12.8 Å². The van der Waals surface area contributed by atoms with Gasteiger partial charge in [-0.1, -0.05) is 43.9 Å². The first-order valence-electron chi connectivity index (χ1n) is 7.56. The van der Waals surface area contributed by atoms with Gasteiger partial charge in [0.25, 0.3) is 0 Å². The highest BCUT2D eigenvalue weighted by Gasteiger charge is 2.37. The fourth-order valence-corrected chi connectivity index (χ4v) is 3.42. The van der Waals surface area contributed by atoms with Crippen molar-refractivity contribution in [3.05, 3.63) is 35.6 Å². The van der Waals surface area contributed by atoms with Gasteiger partial charge in [0.15, 0.2) is 0 Å². The lowest BCUT2D eigenvalue weighted by Gasteiger charge is -2.32. The van der Waals surface area contributed by atoms with Crippen LogP contribution in [0.3, 0.4) is 0 Å². The summed E-state index contributed by atoms with van der Waals surface area (Å²) in [5, 5.41) is 3.17. The van der Waals surface area contributed by atoms with Crippen LogP contribution in [0.5, 0.6) is 0 Å². The zero-order valence-corrected chi connectivity index (χ0v) is 11.6. The Labute approximate surface area is 119 Å². The van der Waals surface area contributed by atoms with Crippen LogP contribution in [-0.2, 0) is 4.79 Å². The van der Waals surface area contributed by atoms with E-state index in [0.29, 0.717) is 12.1 Å². The second-order valence-corrected chi connectivity index (χ2v) is 5.75. The quantitative estimate of drug-likeness (QED) is 0.842. The Balaban J connectivity index is 1.86. The van der Waals surface area contributed by atoms with Gasteiger partial charge in [0.2, 0.25) is 5.91 Å². The van der Waals surface area contributed by atoms with E-state index < -0.39 is 0 Å². The highest BCUT2D eigenvalue weighted by Crippen LogP contribution is 2.32. The molecule has 20 heavy (non-hydrogen) atoms. The smallest absolute Gasteiger partial charge is 0.238 e. The summed E-state index contributed by atoms with van der Waals surface area (Å²) in [4.78, 5) is 14.1. The average molecular weight is 276 g/mol. The number of nitrogens with one attached hydrogen (secondary N) is 1. The molecule has 2 aliphatic rings. The lowest BCUT2D eigenvalue weighted by molar-refractivity contribution is -0.130. The highest BCUT2D eigenvalue weighted by atomic mass is 19.1. The molecule has 3 rings (SSSR count). The number of rotatable bonds is 2. The normalized spacial score (nSPS) is 24.9. The minimum absolute atomic E-state index is 0.102. The standard InChI is InChI=1S/C16H21FN2O/c17-14-10-6-5-9-13(14)16-18-11-15(20)19(16)12-7-3-1-2-4-8-12/h5-6,9-10,12,16,18H,1-4,7-8,11H2. The van der Waals surface area contributed by atoms with E-state index in [1.54, 1.807) is 12.1 Å². The van der Waals surface area contributed by atoms with Crippen LogP contribution in [0.1, 0.15) is 50.3 Å². The summed E-state index contributed by atoms with van der Waals surface area (Å²) < 4.78 is 14.0. The molecule has 1 N–H and O–H groups in total. The van der Waals surface area contributed by atoms with Crippen molar-refractivity contribution in [3.63, 3.8) is 0 Å². The van der Waals surface area contributed by atoms with Crippen molar-refractivity contribution in [2.45, 2.75) is 50.7 Å². The number of benzene rings is 1. The number of carbonyl (C=O) groups excluding carboxylic acids is 1. The summed E-state index contributed by atoms with van der Waals surface area (Å²) in [6.45, 7) is 0.315. The summed E-state index contributed by atoms with van der Waals surface area (Å²) in [7, 11) is 0. The van der Waals surface area contributed by atoms with Gasteiger partial charge in [-0.05, 0) is 18.9 Å². The number of hydrogen-bond donors (Lipinski definition) is 1. The zero-order valence-electron chi connectivity index (χ0n) is 11.6. The SMILES string of the molecule is O=C1CNC(c2ccccc2F)N1C1CCCCCC1. The van der Waals surface area contributed by atoms with Crippen LogP contribution in [0.15, 0.2) is 24.3 Å². The van der Waals surface area contributed by atoms with Crippen LogP contribution in [0.25, 0.3) is 0 Å². The minimum Gasteiger partial charge on any atom is -0.319 e. The van der Waals surface area contributed by atoms with Gasteiger partial charge in [-0.3, -0.25) is 10.1 Å². The molecule has 1 heterocycles. The molecule has 1 aliphatic heterocycles. The predicted molar refractivity (Wildman–Crippen MR) is 75.5 cm³/mol. The lowest BCUT2D eigenvalue weighted by Crippen LogP contribution is -2.39. The number of nitrogens with zero attached hydrogens (tertiary/aromatic N) is 1. The van der Waals surface area contributed by atoms with E-state index >= 15 is 0 Å². The van der Waals surface area contributed by atoms with Gasteiger partial charge in [0.1, 0.15) is 12.0 Å².